The molecule has 174 valence electrons. The number of nitrogens with zero attached hydrogens (tertiary/aromatic N) is 3. The number of benzene rings is 2. The van der Waals surface area contributed by atoms with E-state index in [0.29, 0.717) is 23.0 Å². The quantitative estimate of drug-likeness (QED) is 0.439. The van der Waals surface area contributed by atoms with Gasteiger partial charge in [0.25, 0.3) is 12.3 Å². The Bertz CT molecular complexity index is 1360. The second-order valence-electron chi connectivity index (χ2n) is 7.34. The summed E-state index contributed by atoms with van der Waals surface area (Å²) in [7, 11) is 1.42. The second-order valence-corrected chi connectivity index (χ2v) is 7.34. The molecule has 0 bridgehead atoms. The zero-order valence-corrected chi connectivity index (χ0v) is 18.3. The summed E-state index contributed by atoms with van der Waals surface area (Å²) >= 11 is 0. The number of fused-ring (bicyclic) bond motifs is 1. The first kappa shape index (κ1) is 22.8. The van der Waals surface area contributed by atoms with E-state index in [4.69, 9.17) is 9.57 Å². The van der Waals surface area contributed by atoms with Crippen LogP contribution in [0.25, 0.3) is 10.9 Å². The van der Waals surface area contributed by atoms with Crippen molar-refractivity contribution in [3.8, 4) is 5.75 Å². The lowest BCUT2D eigenvalue weighted by molar-refractivity contribution is -0.143. The minimum Gasteiger partial charge on any atom is -0.494 e. The number of anilines is 1. The third kappa shape index (κ3) is 4.85. The van der Waals surface area contributed by atoms with Crippen molar-refractivity contribution < 1.29 is 27.9 Å². The fraction of sp³-hybridized carbons (Fsp3) is 0.167. The Kier molecular flexibility index (Phi) is 6.48. The first-order valence-corrected chi connectivity index (χ1v) is 10.2. The molecule has 0 saturated heterocycles. The molecule has 0 aliphatic rings. The first-order chi connectivity index (χ1) is 16.4. The van der Waals surface area contributed by atoms with Crippen molar-refractivity contribution in [3.05, 3.63) is 83.3 Å². The van der Waals surface area contributed by atoms with Crippen LogP contribution in [0.4, 0.5) is 14.5 Å². The van der Waals surface area contributed by atoms with Crippen LogP contribution in [0.1, 0.15) is 40.8 Å². The lowest BCUT2D eigenvalue weighted by atomic mass is 10.1. The molecule has 0 spiro atoms. The fourth-order valence-corrected chi connectivity index (χ4v) is 3.45. The van der Waals surface area contributed by atoms with E-state index in [-0.39, 0.29) is 17.1 Å². The van der Waals surface area contributed by atoms with E-state index in [0.717, 1.165) is 16.5 Å². The van der Waals surface area contributed by atoms with Gasteiger partial charge in [0.15, 0.2) is 0 Å². The van der Waals surface area contributed by atoms with Crippen LogP contribution in [0.15, 0.2) is 60.7 Å². The number of rotatable bonds is 7. The molecule has 1 amide bonds. The Hall–Kier alpha value is -4.34. The zero-order chi connectivity index (χ0) is 24.2. The van der Waals surface area contributed by atoms with Crippen molar-refractivity contribution in [1.29, 1.82) is 0 Å². The lowest BCUT2D eigenvalue weighted by Gasteiger charge is -2.11. The molecule has 0 atom stereocenters. The first-order valence-electron chi connectivity index (χ1n) is 10.2. The normalized spacial score (nSPS) is 11.0. The average Bonchev–Trinajstić information content (AvgIpc) is 3.14. The number of amides is 1. The molecule has 10 heteroatoms. The second kappa shape index (κ2) is 9.65. The largest absolute Gasteiger partial charge is 0.494 e. The van der Waals surface area contributed by atoms with Gasteiger partial charge in [-0.3, -0.25) is 4.79 Å². The van der Waals surface area contributed by atoms with Crippen LogP contribution >= 0.6 is 0 Å². The molecule has 34 heavy (non-hydrogen) atoms. The molecular weight excluding hydrogens is 446 g/mol. The Labute approximate surface area is 193 Å². The summed E-state index contributed by atoms with van der Waals surface area (Å²) in [4.78, 5) is 34.5. The molecule has 8 nitrogen and oxygen atoms in total. The van der Waals surface area contributed by atoms with Gasteiger partial charge in [-0.25, -0.2) is 18.6 Å². The maximum absolute atomic E-state index is 13.0. The van der Waals surface area contributed by atoms with E-state index in [1.54, 1.807) is 12.1 Å². The molecule has 2 heterocycles. The van der Waals surface area contributed by atoms with Gasteiger partial charge in [-0.1, -0.05) is 41.2 Å². The van der Waals surface area contributed by atoms with Crippen LogP contribution < -0.4 is 14.9 Å². The van der Waals surface area contributed by atoms with E-state index in [9.17, 15) is 18.4 Å². The third-order valence-electron chi connectivity index (χ3n) is 4.96. The summed E-state index contributed by atoms with van der Waals surface area (Å²) in [6.07, 6.45) is -2.41. The van der Waals surface area contributed by atoms with Gasteiger partial charge in [0.2, 0.25) is 0 Å². The minimum atomic E-state index is -2.80. The smallest absolute Gasteiger partial charge is 0.331 e. The number of alkyl halides is 2. The molecule has 0 aliphatic carbocycles. The summed E-state index contributed by atoms with van der Waals surface area (Å²) < 4.78 is 31.4. The maximum atomic E-state index is 13.0. The Morgan fingerprint density at radius 3 is 2.53 bits per heavy atom. The van der Waals surface area contributed by atoms with E-state index < -0.39 is 24.0 Å². The number of nitrogens with one attached hydrogen (secondary N) is 1. The van der Waals surface area contributed by atoms with Gasteiger partial charge >= 0.3 is 5.97 Å². The van der Waals surface area contributed by atoms with E-state index in [2.05, 4.69) is 15.4 Å². The number of ether oxygens (including phenoxy) is 1. The molecule has 2 aromatic heterocycles. The Morgan fingerprint density at radius 1 is 1.09 bits per heavy atom. The van der Waals surface area contributed by atoms with Gasteiger partial charge in [0.05, 0.1) is 18.5 Å². The number of carbonyl (C=O) groups is 2. The molecule has 0 fully saturated rings. The Morgan fingerprint density at radius 2 is 1.85 bits per heavy atom. The van der Waals surface area contributed by atoms with Gasteiger partial charge < -0.3 is 14.9 Å². The number of pyridine rings is 1. The van der Waals surface area contributed by atoms with Crippen molar-refractivity contribution in [2.45, 2.75) is 19.8 Å². The van der Waals surface area contributed by atoms with Crippen molar-refractivity contribution in [1.82, 2.24) is 14.9 Å². The summed E-state index contributed by atoms with van der Waals surface area (Å²) in [6, 6.07) is 16.6. The van der Waals surface area contributed by atoms with Gasteiger partial charge in [0.1, 0.15) is 22.7 Å². The predicted molar refractivity (Wildman–Crippen MR) is 120 cm³/mol. The van der Waals surface area contributed by atoms with Crippen molar-refractivity contribution >= 4 is 28.5 Å². The molecule has 0 radical (unpaired) electrons. The van der Waals surface area contributed by atoms with Crippen LogP contribution in [0.5, 0.6) is 5.75 Å². The molecule has 2 aromatic carbocycles. The zero-order valence-electron chi connectivity index (χ0n) is 18.3. The van der Waals surface area contributed by atoms with E-state index in [1.165, 1.54) is 26.2 Å². The van der Waals surface area contributed by atoms with Crippen molar-refractivity contribution in [3.63, 3.8) is 0 Å². The molecule has 0 unspecified atom stereocenters. The summed E-state index contributed by atoms with van der Waals surface area (Å²) in [6.45, 7) is 1.27. The molecule has 0 aliphatic heterocycles. The van der Waals surface area contributed by atoms with Crippen molar-refractivity contribution in [2.24, 2.45) is 0 Å². The molecule has 1 N–H and O–H groups in total. The highest BCUT2D eigenvalue weighted by Crippen LogP contribution is 2.33. The average molecular weight is 466 g/mol. The molecular formula is C24H20F2N4O4. The van der Waals surface area contributed by atoms with Crippen molar-refractivity contribution in [2.75, 3.05) is 12.4 Å². The number of aromatic nitrogens is 3. The number of hydrogen-bond acceptors (Lipinski definition) is 6. The number of hydrogen-bond donors (Lipinski definition) is 1. The van der Waals surface area contributed by atoms with Gasteiger partial charge in [0, 0.05) is 24.8 Å². The molecule has 4 aromatic rings. The van der Waals surface area contributed by atoms with Gasteiger partial charge in [-0.2, -0.15) is 0 Å². The molecule has 4 rings (SSSR count). The van der Waals surface area contributed by atoms with Gasteiger partial charge in [-0.05, 0) is 23.8 Å². The standard InChI is InChI=1S/C24H20F2N4O4/c1-14(31)34-30-21(11-15-7-4-3-5-8-15)16-12-20(22(33-2)13-19(16)29-30)28-24(32)18-10-6-9-17(27-18)23(25)26/h3-10,12-13,23H,11H2,1-2H3,(H,28,32). The number of carbonyl (C=O) groups excluding carboxylic acids is 2. The maximum Gasteiger partial charge on any atom is 0.331 e. The fourth-order valence-electron chi connectivity index (χ4n) is 3.45. The van der Waals surface area contributed by atoms with Crippen LogP contribution in [0, 0.1) is 0 Å². The highest BCUT2D eigenvalue weighted by molar-refractivity contribution is 6.05. The Balaban J connectivity index is 1.76. The highest BCUT2D eigenvalue weighted by atomic mass is 19.3. The minimum absolute atomic E-state index is 0.167. The summed E-state index contributed by atoms with van der Waals surface area (Å²) in [5.74, 6) is -0.950. The SMILES string of the molecule is COc1cc2nn(OC(C)=O)c(Cc3ccccc3)c2cc1NC(=O)c1cccc(C(F)F)n1. The molecule has 0 saturated carbocycles. The van der Waals surface area contributed by atoms with Crippen LogP contribution in [-0.2, 0) is 11.2 Å². The third-order valence-corrected chi connectivity index (χ3v) is 4.96. The monoisotopic (exact) mass is 466 g/mol. The van der Waals surface area contributed by atoms with E-state index >= 15 is 0 Å². The number of methoxy groups -OCH3 is 1. The number of halogens is 2. The highest BCUT2D eigenvalue weighted by Gasteiger charge is 2.20. The van der Waals surface area contributed by atoms with Gasteiger partial charge in [-0.15, -0.1) is 5.10 Å². The van der Waals surface area contributed by atoms with Crippen LogP contribution in [0.3, 0.4) is 0 Å². The lowest BCUT2D eigenvalue weighted by Crippen LogP contribution is -2.20. The topological polar surface area (TPSA) is 95.3 Å². The summed E-state index contributed by atoms with van der Waals surface area (Å²) in [5, 5.41) is 7.62. The van der Waals surface area contributed by atoms with E-state index in [1.807, 2.05) is 30.3 Å². The van der Waals surface area contributed by atoms with Crippen LogP contribution in [0.2, 0.25) is 0 Å². The predicted octanol–water partition coefficient (Wildman–Crippen LogP) is 4.20. The summed E-state index contributed by atoms with van der Waals surface area (Å²) in [5.41, 5.74) is 1.61. The van der Waals surface area contributed by atoms with Crippen LogP contribution in [-0.4, -0.2) is 33.9 Å².